The summed E-state index contributed by atoms with van der Waals surface area (Å²) in [7, 11) is 0. The summed E-state index contributed by atoms with van der Waals surface area (Å²) in [4.78, 5) is 25.3. The minimum atomic E-state index is -0.342. The Bertz CT molecular complexity index is 864. The van der Waals surface area contributed by atoms with Crippen LogP contribution >= 0.6 is 22.6 Å². The lowest BCUT2D eigenvalue weighted by Gasteiger charge is -2.41. The van der Waals surface area contributed by atoms with E-state index in [1.54, 1.807) is 0 Å². The molecule has 0 saturated carbocycles. The number of carbonyl (C=O) groups excluding carboxylic acids is 2. The van der Waals surface area contributed by atoms with Gasteiger partial charge in [0.25, 0.3) is 0 Å². The summed E-state index contributed by atoms with van der Waals surface area (Å²) in [5.74, 6) is -0.888. The molecule has 0 aromatic heterocycles. The summed E-state index contributed by atoms with van der Waals surface area (Å²) in [5, 5.41) is 6.18. The number of rotatable bonds is 4. The van der Waals surface area contributed by atoms with Crippen molar-refractivity contribution in [1.82, 2.24) is 5.32 Å². The molecule has 4 rings (SSSR count). The normalized spacial score (nSPS) is 25.4. The molecule has 2 aromatic rings. The first kappa shape index (κ1) is 18.2. The van der Waals surface area contributed by atoms with Gasteiger partial charge in [-0.2, -0.15) is 0 Å². The molecule has 1 aliphatic carbocycles. The second-order valence-corrected chi connectivity index (χ2v) is 8.35. The van der Waals surface area contributed by atoms with Gasteiger partial charge in [-0.25, -0.2) is 0 Å². The van der Waals surface area contributed by atoms with Crippen molar-refractivity contribution in [2.45, 2.75) is 18.9 Å². The van der Waals surface area contributed by atoms with E-state index in [-0.39, 0.29) is 35.6 Å². The second kappa shape index (κ2) is 7.84. The first-order valence-electron chi connectivity index (χ1n) is 9.22. The van der Waals surface area contributed by atoms with E-state index in [2.05, 4.69) is 45.4 Å². The van der Waals surface area contributed by atoms with Crippen molar-refractivity contribution < 1.29 is 9.59 Å². The quantitative estimate of drug-likeness (QED) is 0.397. The van der Waals surface area contributed by atoms with Gasteiger partial charge in [0.05, 0.1) is 12.0 Å². The van der Waals surface area contributed by atoms with Crippen molar-refractivity contribution in [2.24, 2.45) is 17.8 Å². The van der Waals surface area contributed by atoms with Crippen molar-refractivity contribution in [3.05, 3.63) is 75.9 Å². The third kappa shape index (κ3) is 3.78. The SMILES string of the molecule is O=C1NC(=O)[C@@H]([C@H](Nc2ccc(I)cc2)c2ccccc2)[C@H]2C=CCCC12. The summed E-state index contributed by atoms with van der Waals surface area (Å²) < 4.78 is 1.16. The standard InChI is InChI=1S/C22H21IN2O2/c23-15-10-12-16(13-11-15)24-20(14-6-2-1-3-7-14)19-17-8-4-5-9-18(17)21(26)25-22(19)27/h1-4,6-8,10-13,17-20,24H,5,9H2,(H,25,26,27)/t17-,18?,19+,20+/m0/s1. The van der Waals surface area contributed by atoms with Gasteiger partial charge in [0.1, 0.15) is 0 Å². The maximum Gasteiger partial charge on any atom is 0.232 e. The highest BCUT2D eigenvalue weighted by molar-refractivity contribution is 14.1. The minimum Gasteiger partial charge on any atom is -0.377 e. The highest BCUT2D eigenvalue weighted by atomic mass is 127. The van der Waals surface area contributed by atoms with E-state index in [0.717, 1.165) is 27.7 Å². The molecule has 1 heterocycles. The topological polar surface area (TPSA) is 58.2 Å². The molecule has 2 amide bonds. The number of imide groups is 1. The third-order valence-corrected chi connectivity index (χ3v) is 6.17. The van der Waals surface area contributed by atoms with E-state index < -0.39 is 0 Å². The highest BCUT2D eigenvalue weighted by Crippen LogP contribution is 2.41. The van der Waals surface area contributed by atoms with Gasteiger partial charge in [-0.3, -0.25) is 14.9 Å². The van der Waals surface area contributed by atoms with E-state index >= 15 is 0 Å². The van der Waals surface area contributed by atoms with Crippen LogP contribution in [0.15, 0.2) is 66.7 Å². The number of allylic oxidation sites excluding steroid dienone is 2. The number of hydrogen-bond donors (Lipinski definition) is 2. The lowest BCUT2D eigenvalue weighted by Crippen LogP contribution is -2.54. The molecule has 4 nitrogen and oxygen atoms in total. The molecular weight excluding hydrogens is 451 g/mol. The molecule has 1 aliphatic heterocycles. The Morgan fingerprint density at radius 2 is 1.74 bits per heavy atom. The van der Waals surface area contributed by atoms with Crippen LogP contribution < -0.4 is 10.6 Å². The first-order valence-corrected chi connectivity index (χ1v) is 10.3. The van der Waals surface area contributed by atoms with Crippen molar-refractivity contribution in [3.8, 4) is 0 Å². The molecule has 1 fully saturated rings. The van der Waals surface area contributed by atoms with Crippen LogP contribution in [-0.2, 0) is 9.59 Å². The smallest absolute Gasteiger partial charge is 0.232 e. The number of nitrogens with one attached hydrogen (secondary N) is 2. The minimum absolute atomic E-state index is 0.0819. The Labute approximate surface area is 172 Å². The number of halogens is 1. The van der Waals surface area contributed by atoms with Gasteiger partial charge in [0.2, 0.25) is 11.8 Å². The van der Waals surface area contributed by atoms with Gasteiger partial charge >= 0.3 is 0 Å². The molecule has 2 aliphatic rings. The monoisotopic (exact) mass is 472 g/mol. The molecule has 0 bridgehead atoms. The molecule has 1 unspecified atom stereocenters. The van der Waals surface area contributed by atoms with Crippen LogP contribution in [0.1, 0.15) is 24.4 Å². The summed E-state index contributed by atoms with van der Waals surface area (Å²) >= 11 is 2.28. The van der Waals surface area contributed by atoms with Crippen LogP contribution in [0, 0.1) is 21.3 Å². The Balaban J connectivity index is 1.73. The number of hydrogen-bond acceptors (Lipinski definition) is 3. The van der Waals surface area contributed by atoms with E-state index in [0.29, 0.717) is 0 Å². The van der Waals surface area contributed by atoms with Crippen molar-refractivity contribution in [1.29, 1.82) is 0 Å². The fraction of sp³-hybridized carbons (Fsp3) is 0.273. The van der Waals surface area contributed by atoms with E-state index in [1.165, 1.54) is 0 Å². The molecule has 2 N–H and O–H groups in total. The van der Waals surface area contributed by atoms with Gasteiger partial charge in [0.15, 0.2) is 0 Å². The van der Waals surface area contributed by atoms with Gasteiger partial charge in [-0.1, -0.05) is 42.5 Å². The van der Waals surface area contributed by atoms with Crippen molar-refractivity contribution >= 4 is 40.1 Å². The average molecular weight is 472 g/mol. The van der Waals surface area contributed by atoms with Crippen LogP contribution in [0.4, 0.5) is 5.69 Å². The van der Waals surface area contributed by atoms with E-state index in [9.17, 15) is 9.59 Å². The molecular formula is C22H21IN2O2. The van der Waals surface area contributed by atoms with Gasteiger partial charge in [0, 0.05) is 21.1 Å². The van der Waals surface area contributed by atoms with Crippen LogP contribution in [0.5, 0.6) is 0 Å². The zero-order valence-electron chi connectivity index (χ0n) is 14.8. The molecule has 2 aromatic carbocycles. The summed E-state index contributed by atoms with van der Waals surface area (Å²) in [6.07, 6.45) is 5.85. The van der Waals surface area contributed by atoms with Crippen molar-refractivity contribution in [2.75, 3.05) is 5.32 Å². The molecule has 0 spiro atoms. The van der Waals surface area contributed by atoms with Crippen LogP contribution in [0.25, 0.3) is 0 Å². The third-order valence-electron chi connectivity index (χ3n) is 5.45. The lowest BCUT2D eigenvalue weighted by molar-refractivity contribution is -0.143. The zero-order valence-corrected chi connectivity index (χ0v) is 16.9. The molecule has 27 heavy (non-hydrogen) atoms. The van der Waals surface area contributed by atoms with Gasteiger partial charge in [-0.05, 0) is 65.3 Å². The second-order valence-electron chi connectivity index (χ2n) is 7.11. The summed E-state index contributed by atoms with van der Waals surface area (Å²) in [5.41, 5.74) is 2.01. The van der Waals surface area contributed by atoms with E-state index in [4.69, 9.17) is 0 Å². The lowest BCUT2D eigenvalue weighted by atomic mass is 9.69. The number of carbonyl (C=O) groups is 2. The Kier molecular flexibility index (Phi) is 5.29. The number of benzene rings is 2. The van der Waals surface area contributed by atoms with Crippen molar-refractivity contribution in [3.63, 3.8) is 0 Å². The maximum atomic E-state index is 12.9. The number of anilines is 1. The number of piperidine rings is 1. The number of fused-ring (bicyclic) bond motifs is 1. The Morgan fingerprint density at radius 3 is 2.48 bits per heavy atom. The van der Waals surface area contributed by atoms with Crippen LogP contribution in [0.3, 0.4) is 0 Å². The maximum absolute atomic E-state index is 12.9. The average Bonchev–Trinajstić information content (AvgIpc) is 2.69. The summed E-state index contributed by atoms with van der Waals surface area (Å²) in [6.45, 7) is 0. The molecule has 1 saturated heterocycles. The van der Waals surface area contributed by atoms with Crippen LogP contribution in [0.2, 0.25) is 0 Å². The van der Waals surface area contributed by atoms with E-state index in [1.807, 2.05) is 54.6 Å². The zero-order chi connectivity index (χ0) is 18.8. The van der Waals surface area contributed by atoms with Gasteiger partial charge < -0.3 is 5.32 Å². The van der Waals surface area contributed by atoms with Gasteiger partial charge in [-0.15, -0.1) is 0 Å². The Morgan fingerprint density at radius 1 is 1.00 bits per heavy atom. The van der Waals surface area contributed by atoms with Crippen LogP contribution in [-0.4, -0.2) is 11.8 Å². The molecule has 5 heteroatoms. The largest absolute Gasteiger partial charge is 0.377 e. The molecule has 138 valence electrons. The first-order chi connectivity index (χ1) is 13.1. The fourth-order valence-corrected chi connectivity index (χ4v) is 4.50. The fourth-order valence-electron chi connectivity index (χ4n) is 4.14. The molecule has 4 atom stereocenters. The predicted molar refractivity (Wildman–Crippen MR) is 114 cm³/mol. The number of amides is 2. The summed E-state index contributed by atoms with van der Waals surface area (Å²) in [6, 6.07) is 17.9. The predicted octanol–water partition coefficient (Wildman–Crippen LogP) is 4.30. The Hall–Kier alpha value is -2.15. The highest BCUT2D eigenvalue weighted by Gasteiger charge is 2.46. The molecule has 0 radical (unpaired) electrons.